The summed E-state index contributed by atoms with van der Waals surface area (Å²) in [6, 6.07) is 0.636. The van der Waals surface area contributed by atoms with E-state index < -0.39 is 0 Å². The Kier molecular flexibility index (Phi) is 5.04. The average molecular weight is 252 g/mol. The van der Waals surface area contributed by atoms with E-state index in [1.54, 1.807) is 0 Å². The number of carbonyl (C=O) groups is 1. The Balaban J connectivity index is 1.95. The van der Waals surface area contributed by atoms with Crippen molar-refractivity contribution in [2.75, 3.05) is 13.1 Å². The first-order valence-electron chi connectivity index (χ1n) is 7.72. The summed E-state index contributed by atoms with van der Waals surface area (Å²) in [5.41, 5.74) is 0. The number of hydrogen-bond acceptors (Lipinski definition) is 2. The topological polar surface area (TPSA) is 32.3 Å². The van der Waals surface area contributed by atoms with Gasteiger partial charge in [-0.3, -0.25) is 4.79 Å². The highest BCUT2D eigenvalue weighted by atomic mass is 16.2. The van der Waals surface area contributed by atoms with Gasteiger partial charge in [0, 0.05) is 12.6 Å². The van der Waals surface area contributed by atoms with Gasteiger partial charge in [0.05, 0.1) is 6.04 Å². The number of hydrogen-bond donors (Lipinski definition) is 1. The second-order valence-corrected chi connectivity index (χ2v) is 6.30. The van der Waals surface area contributed by atoms with Crippen molar-refractivity contribution in [3.8, 4) is 0 Å². The molecule has 2 fully saturated rings. The van der Waals surface area contributed by atoms with Gasteiger partial charge in [-0.25, -0.2) is 0 Å². The minimum atomic E-state index is 0.109. The highest BCUT2D eigenvalue weighted by Gasteiger charge is 2.32. The molecule has 1 atom stereocenters. The molecular formula is C15H28N2O. The van der Waals surface area contributed by atoms with Crippen LogP contribution in [0.5, 0.6) is 0 Å². The predicted molar refractivity (Wildman–Crippen MR) is 74.4 cm³/mol. The zero-order valence-corrected chi connectivity index (χ0v) is 12.0. The molecule has 1 saturated heterocycles. The molecular weight excluding hydrogens is 224 g/mol. The van der Waals surface area contributed by atoms with Crippen LogP contribution in [0, 0.1) is 5.92 Å². The second-order valence-electron chi connectivity index (χ2n) is 6.30. The Morgan fingerprint density at radius 3 is 2.50 bits per heavy atom. The van der Waals surface area contributed by atoms with Crippen molar-refractivity contribution in [2.45, 2.75) is 70.9 Å². The molecule has 0 aromatic rings. The minimum absolute atomic E-state index is 0.109. The van der Waals surface area contributed by atoms with Crippen molar-refractivity contribution in [1.29, 1.82) is 0 Å². The molecule has 0 bridgehead atoms. The lowest BCUT2D eigenvalue weighted by Crippen LogP contribution is -2.48. The van der Waals surface area contributed by atoms with Crippen LogP contribution in [0.1, 0.15) is 58.8 Å². The smallest absolute Gasteiger partial charge is 0.239 e. The van der Waals surface area contributed by atoms with Gasteiger partial charge < -0.3 is 10.2 Å². The van der Waals surface area contributed by atoms with Crippen molar-refractivity contribution in [2.24, 2.45) is 5.92 Å². The zero-order valence-electron chi connectivity index (χ0n) is 12.0. The van der Waals surface area contributed by atoms with E-state index >= 15 is 0 Å². The number of nitrogens with zero attached hydrogens (tertiary/aromatic N) is 1. The molecule has 1 N–H and O–H groups in total. The predicted octanol–water partition coefficient (Wildman–Crippen LogP) is 2.56. The van der Waals surface area contributed by atoms with Gasteiger partial charge in [-0.2, -0.15) is 0 Å². The van der Waals surface area contributed by atoms with E-state index in [4.69, 9.17) is 0 Å². The van der Waals surface area contributed by atoms with Gasteiger partial charge in [-0.1, -0.05) is 26.7 Å². The lowest BCUT2D eigenvalue weighted by Gasteiger charge is -2.32. The molecule has 3 nitrogen and oxygen atoms in total. The van der Waals surface area contributed by atoms with Crippen LogP contribution in [-0.4, -0.2) is 36.0 Å². The molecule has 1 heterocycles. The molecule has 1 unspecified atom stereocenters. The monoisotopic (exact) mass is 252 g/mol. The van der Waals surface area contributed by atoms with Gasteiger partial charge in [-0.05, 0) is 44.6 Å². The van der Waals surface area contributed by atoms with Gasteiger partial charge in [0.1, 0.15) is 0 Å². The van der Waals surface area contributed by atoms with E-state index in [2.05, 4.69) is 24.1 Å². The first kappa shape index (κ1) is 13.9. The molecule has 104 valence electrons. The van der Waals surface area contributed by atoms with Crippen molar-refractivity contribution < 1.29 is 4.79 Å². The molecule has 2 aliphatic rings. The fourth-order valence-electron chi connectivity index (χ4n) is 3.18. The third-order valence-corrected chi connectivity index (χ3v) is 4.35. The summed E-state index contributed by atoms with van der Waals surface area (Å²) in [6.07, 6.45) is 8.35. The van der Waals surface area contributed by atoms with Crippen LogP contribution in [0.4, 0.5) is 0 Å². The molecule has 1 aliphatic heterocycles. The van der Waals surface area contributed by atoms with Gasteiger partial charge in [-0.15, -0.1) is 0 Å². The van der Waals surface area contributed by atoms with Gasteiger partial charge in [0.15, 0.2) is 0 Å². The highest BCUT2D eigenvalue weighted by molar-refractivity contribution is 5.82. The number of amides is 1. The third kappa shape index (κ3) is 3.47. The van der Waals surface area contributed by atoms with E-state index in [1.165, 1.54) is 25.7 Å². The van der Waals surface area contributed by atoms with Crippen LogP contribution in [0.25, 0.3) is 0 Å². The maximum atomic E-state index is 12.6. The minimum Gasteiger partial charge on any atom is -0.338 e. The van der Waals surface area contributed by atoms with E-state index in [0.29, 0.717) is 17.9 Å². The Labute approximate surface area is 111 Å². The second kappa shape index (κ2) is 6.55. The van der Waals surface area contributed by atoms with Gasteiger partial charge in [0.25, 0.3) is 0 Å². The lowest BCUT2D eigenvalue weighted by atomic mass is 10.1. The highest BCUT2D eigenvalue weighted by Crippen LogP contribution is 2.25. The molecule has 18 heavy (non-hydrogen) atoms. The lowest BCUT2D eigenvalue weighted by molar-refractivity contribution is -0.135. The van der Waals surface area contributed by atoms with E-state index in [0.717, 1.165) is 32.4 Å². The molecule has 0 spiro atoms. The number of nitrogens with one attached hydrogen (secondary N) is 1. The van der Waals surface area contributed by atoms with Crippen LogP contribution in [0.2, 0.25) is 0 Å². The summed E-state index contributed by atoms with van der Waals surface area (Å²) in [7, 11) is 0. The fraction of sp³-hybridized carbons (Fsp3) is 0.933. The van der Waals surface area contributed by atoms with Crippen molar-refractivity contribution in [3.63, 3.8) is 0 Å². The van der Waals surface area contributed by atoms with Gasteiger partial charge in [0.2, 0.25) is 5.91 Å². The largest absolute Gasteiger partial charge is 0.338 e. The quantitative estimate of drug-likeness (QED) is 0.815. The molecule has 2 rings (SSSR count). The summed E-state index contributed by atoms with van der Waals surface area (Å²) in [4.78, 5) is 14.8. The first-order chi connectivity index (χ1) is 8.68. The average Bonchev–Trinajstić information content (AvgIpc) is 3.01. The SMILES string of the molecule is CC(C)CCN(C(=O)C1CCCN1)C1CCCC1. The van der Waals surface area contributed by atoms with Crippen molar-refractivity contribution >= 4 is 5.91 Å². The summed E-state index contributed by atoms with van der Waals surface area (Å²) < 4.78 is 0. The number of carbonyl (C=O) groups excluding carboxylic acids is 1. The Bertz CT molecular complexity index is 266. The summed E-state index contributed by atoms with van der Waals surface area (Å²) in [5.74, 6) is 1.05. The maximum Gasteiger partial charge on any atom is 0.239 e. The molecule has 0 radical (unpaired) electrons. The number of rotatable bonds is 5. The van der Waals surface area contributed by atoms with Crippen LogP contribution in [-0.2, 0) is 4.79 Å². The van der Waals surface area contributed by atoms with Crippen LogP contribution in [0.15, 0.2) is 0 Å². The zero-order chi connectivity index (χ0) is 13.0. The molecule has 3 heteroatoms. The van der Waals surface area contributed by atoms with Crippen LogP contribution >= 0.6 is 0 Å². The first-order valence-corrected chi connectivity index (χ1v) is 7.72. The molecule has 0 aromatic carbocycles. The van der Waals surface area contributed by atoms with E-state index in [1.807, 2.05) is 0 Å². The van der Waals surface area contributed by atoms with Crippen LogP contribution in [0.3, 0.4) is 0 Å². The normalized spacial score (nSPS) is 24.9. The van der Waals surface area contributed by atoms with Crippen molar-refractivity contribution in [3.05, 3.63) is 0 Å². The molecule has 1 saturated carbocycles. The van der Waals surface area contributed by atoms with Gasteiger partial charge >= 0.3 is 0 Å². The summed E-state index contributed by atoms with van der Waals surface area (Å²) in [5, 5.41) is 3.36. The Morgan fingerprint density at radius 2 is 1.94 bits per heavy atom. The third-order valence-electron chi connectivity index (χ3n) is 4.35. The molecule has 1 aliphatic carbocycles. The summed E-state index contributed by atoms with van der Waals surface area (Å²) in [6.45, 7) is 6.45. The Hall–Kier alpha value is -0.570. The Morgan fingerprint density at radius 1 is 1.22 bits per heavy atom. The van der Waals surface area contributed by atoms with Crippen molar-refractivity contribution in [1.82, 2.24) is 10.2 Å². The van der Waals surface area contributed by atoms with Crippen LogP contribution < -0.4 is 5.32 Å². The van der Waals surface area contributed by atoms with E-state index in [-0.39, 0.29) is 6.04 Å². The van der Waals surface area contributed by atoms with E-state index in [9.17, 15) is 4.79 Å². The standard InChI is InChI=1S/C15H28N2O/c1-12(2)9-11-17(13-6-3-4-7-13)15(18)14-8-5-10-16-14/h12-14,16H,3-11H2,1-2H3. The maximum absolute atomic E-state index is 12.6. The summed E-state index contributed by atoms with van der Waals surface area (Å²) >= 11 is 0. The molecule has 1 amide bonds. The fourth-order valence-corrected chi connectivity index (χ4v) is 3.18. The molecule has 0 aromatic heterocycles.